The second-order valence-corrected chi connectivity index (χ2v) is 4.48. The SMILES string of the molecule is C=CC(Br)CCCCCCCC. The van der Waals surface area contributed by atoms with Crippen molar-refractivity contribution in [3.63, 3.8) is 0 Å². The van der Waals surface area contributed by atoms with E-state index in [1.54, 1.807) is 0 Å². The lowest BCUT2D eigenvalue weighted by molar-refractivity contribution is 0.596. The van der Waals surface area contributed by atoms with Crippen LogP contribution in [0.1, 0.15) is 51.9 Å². The number of hydrogen-bond donors (Lipinski definition) is 0. The van der Waals surface area contributed by atoms with Crippen molar-refractivity contribution in [2.45, 2.75) is 56.7 Å². The summed E-state index contributed by atoms with van der Waals surface area (Å²) in [6, 6.07) is 0. The number of halogens is 1. The monoisotopic (exact) mass is 232 g/mol. The molecule has 0 bridgehead atoms. The maximum atomic E-state index is 3.74. The highest BCUT2D eigenvalue weighted by Crippen LogP contribution is 2.13. The van der Waals surface area contributed by atoms with E-state index in [4.69, 9.17) is 0 Å². The van der Waals surface area contributed by atoms with Gasteiger partial charge in [0.2, 0.25) is 0 Å². The second kappa shape index (κ2) is 9.31. The Morgan fingerprint density at radius 2 is 1.75 bits per heavy atom. The van der Waals surface area contributed by atoms with Crippen LogP contribution in [0, 0.1) is 0 Å². The van der Waals surface area contributed by atoms with Crippen LogP contribution >= 0.6 is 15.9 Å². The highest BCUT2D eigenvalue weighted by atomic mass is 79.9. The molecule has 0 saturated carbocycles. The summed E-state index contributed by atoms with van der Waals surface area (Å²) in [7, 11) is 0. The van der Waals surface area contributed by atoms with Gasteiger partial charge in [-0.15, -0.1) is 6.58 Å². The molecule has 72 valence electrons. The van der Waals surface area contributed by atoms with Gasteiger partial charge in [0.25, 0.3) is 0 Å². The van der Waals surface area contributed by atoms with Crippen LogP contribution in [-0.4, -0.2) is 4.83 Å². The first kappa shape index (κ1) is 12.2. The smallest absolute Gasteiger partial charge is 0.0322 e. The van der Waals surface area contributed by atoms with Gasteiger partial charge < -0.3 is 0 Å². The van der Waals surface area contributed by atoms with E-state index in [0.29, 0.717) is 4.83 Å². The average molecular weight is 233 g/mol. The Morgan fingerprint density at radius 1 is 1.17 bits per heavy atom. The van der Waals surface area contributed by atoms with Gasteiger partial charge in [0.1, 0.15) is 0 Å². The molecule has 0 nitrogen and oxygen atoms in total. The Bertz CT molecular complexity index is 99.2. The van der Waals surface area contributed by atoms with Gasteiger partial charge in [-0.3, -0.25) is 0 Å². The van der Waals surface area contributed by atoms with E-state index in [1.807, 2.05) is 6.08 Å². The van der Waals surface area contributed by atoms with E-state index in [0.717, 1.165) is 0 Å². The molecule has 0 aliphatic carbocycles. The zero-order valence-corrected chi connectivity index (χ0v) is 9.78. The molecule has 1 heteroatoms. The normalized spacial score (nSPS) is 12.8. The lowest BCUT2D eigenvalue weighted by Gasteiger charge is -2.03. The summed E-state index contributed by atoms with van der Waals surface area (Å²) < 4.78 is 0. The third-order valence-electron chi connectivity index (χ3n) is 2.09. The Labute approximate surface area is 85.6 Å². The molecule has 0 aromatic carbocycles. The molecule has 0 radical (unpaired) electrons. The largest absolute Gasteiger partial charge is 0.102 e. The third-order valence-corrected chi connectivity index (χ3v) is 2.92. The molecule has 12 heavy (non-hydrogen) atoms. The summed E-state index contributed by atoms with van der Waals surface area (Å²) in [6.45, 7) is 6.00. The molecule has 0 saturated heterocycles. The van der Waals surface area contributed by atoms with Gasteiger partial charge in [0, 0.05) is 4.83 Å². The van der Waals surface area contributed by atoms with Crippen LogP contribution < -0.4 is 0 Å². The van der Waals surface area contributed by atoms with E-state index in [9.17, 15) is 0 Å². The van der Waals surface area contributed by atoms with E-state index in [2.05, 4.69) is 29.4 Å². The van der Waals surface area contributed by atoms with Crippen molar-refractivity contribution in [3.8, 4) is 0 Å². The zero-order chi connectivity index (χ0) is 9.23. The number of alkyl halides is 1. The summed E-state index contributed by atoms with van der Waals surface area (Å²) in [5.74, 6) is 0. The molecular weight excluding hydrogens is 212 g/mol. The Morgan fingerprint density at radius 3 is 2.33 bits per heavy atom. The van der Waals surface area contributed by atoms with Gasteiger partial charge >= 0.3 is 0 Å². The number of unbranched alkanes of at least 4 members (excludes halogenated alkanes) is 5. The molecule has 0 spiro atoms. The van der Waals surface area contributed by atoms with Crippen LogP contribution in [0.5, 0.6) is 0 Å². The molecule has 1 atom stereocenters. The molecular formula is C11H21Br. The molecule has 0 fully saturated rings. The van der Waals surface area contributed by atoms with Crippen molar-refractivity contribution in [2.24, 2.45) is 0 Å². The third kappa shape index (κ3) is 8.32. The lowest BCUT2D eigenvalue weighted by Crippen LogP contribution is -1.91. The van der Waals surface area contributed by atoms with Crippen molar-refractivity contribution in [3.05, 3.63) is 12.7 Å². The van der Waals surface area contributed by atoms with Gasteiger partial charge in [0.05, 0.1) is 0 Å². The summed E-state index contributed by atoms with van der Waals surface area (Å²) in [5.41, 5.74) is 0. The Hall–Kier alpha value is 0.220. The lowest BCUT2D eigenvalue weighted by atomic mass is 10.1. The molecule has 0 N–H and O–H groups in total. The maximum Gasteiger partial charge on any atom is 0.0322 e. The van der Waals surface area contributed by atoms with Crippen molar-refractivity contribution < 1.29 is 0 Å². The minimum Gasteiger partial charge on any atom is -0.102 e. The van der Waals surface area contributed by atoms with Gasteiger partial charge in [-0.2, -0.15) is 0 Å². The van der Waals surface area contributed by atoms with Gasteiger partial charge in [-0.1, -0.05) is 67.5 Å². The fourth-order valence-electron chi connectivity index (χ4n) is 1.24. The van der Waals surface area contributed by atoms with Crippen molar-refractivity contribution in [1.29, 1.82) is 0 Å². The highest BCUT2D eigenvalue weighted by molar-refractivity contribution is 9.09. The van der Waals surface area contributed by atoms with Gasteiger partial charge in [0.15, 0.2) is 0 Å². The van der Waals surface area contributed by atoms with Crippen LogP contribution in [0.25, 0.3) is 0 Å². The Kier molecular flexibility index (Phi) is 9.48. The van der Waals surface area contributed by atoms with Crippen LogP contribution in [0.4, 0.5) is 0 Å². The maximum absolute atomic E-state index is 3.74. The van der Waals surface area contributed by atoms with E-state index < -0.39 is 0 Å². The molecule has 0 rings (SSSR count). The van der Waals surface area contributed by atoms with Crippen molar-refractivity contribution in [2.75, 3.05) is 0 Å². The highest BCUT2D eigenvalue weighted by Gasteiger charge is 1.96. The molecule has 0 heterocycles. The predicted molar refractivity (Wildman–Crippen MR) is 60.9 cm³/mol. The molecule has 1 unspecified atom stereocenters. The van der Waals surface area contributed by atoms with Crippen LogP contribution in [0.15, 0.2) is 12.7 Å². The van der Waals surface area contributed by atoms with Crippen molar-refractivity contribution >= 4 is 15.9 Å². The number of allylic oxidation sites excluding steroid dienone is 1. The van der Waals surface area contributed by atoms with Crippen molar-refractivity contribution in [1.82, 2.24) is 0 Å². The van der Waals surface area contributed by atoms with E-state index >= 15 is 0 Å². The topological polar surface area (TPSA) is 0 Å². The summed E-state index contributed by atoms with van der Waals surface area (Å²) >= 11 is 3.54. The van der Waals surface area contributed by atoms with Gasteiger partial charge in [-0.25, -0.2) is 0 Å². The molecule has 0 aromatic heterocycles. The summed E-state index contributed by atoms with van der Waals surface area (Å²) in [4.78, 5) is 0.531. The summed E-state index contributed by atoms with van der Waals surface area (Å²) in [5, 5.41) is 0. The molecule has 0 aromatic rings. The van der Waals surface area contributed by atoms with E-state index in [1.165, 1.54) is 44.9 Å². The fourth-order valence-corrected chi connectivity index (χ4v) is 1.56. The van der Waals surface area contributed by atoms with Crippen LogP contribution in [-0.2, 0) is 0 Å². The van der Waals surface area contributed by atoms with Crippen LogP contribution in [0.3, 0.4) is 0 Å². The van der Waals surface area contributed by atoms with Gasteiger partial charge in [-0.05, 0) is 6.42 Å². The standard InChI is InChI=1S/C11H21Br/c1-3-5-6-7-8-9-10-11(12)4-2/h4,11H,2-3,5-10H2,1H3. The number of hydrogen-bond acceptors (Lipinski definition) is 0. The quantitative estimate of drug-likeness (QED) is 0.324. The number of rotatable bonds is 8. The van der Waals surface area contributed by atoms with Crippen LogP contribution in [0.2, 0.25) is 0 Å². The van der Waals surface area contributed by atoms with E-state index in [-0.39, 0.29) is 0 Å². The average Bonchev–Trinajstić information content (AvgIpc) is 2.10. The summed E-state index contributed by atoms with van der Waals surface area (Å²) in [6.07, 6.45) is 11.5. The fraction of sp³-hybridized carbons (Fsp3) is 0.818. The minimum atomic E-state index is 0.531. The zero-order valence-electron chi connectivity index (χ0n) is 8.19. The Balaban J connectivity index is 2.95. The first-order valence-corrected chi connectivity index (χ1v) is 5.99. The predicted octanol–water partition coefficient (Wildman–Crippen LogP) is 4.69. The molecule has 0 aliphatic heterocycles. The first-order valence-electron chi connectivity index (χ1n) is 5.08. The molecule has 0 amide bonds. The molecule has 0 aliphatic rings. The second-order valence-electron chi connectivity index (χ2n) is 3.31. The first-order chi connectivity index (χ1) is 5.81. The minimum absolute atomic E-state index is 0.531.